The average molecular weight is 317 g/mol. The smallest absolute Gasteiger partial charge is 0.251 e. The zero-order valence-electron chi connectivity index (χ0n) is 11.7. The van der Waals surface area contributed by atoms with E-state index in [2.05, 4.69) is 5.32 Å². The predicted molar refractivity (Wildman–Crippen MR) is 80.9 cm³/mol. The Kier molecular flexibility index (Phi) is 6.04. The second kappa shape index (κ2) is 7.10. The van der Waals surface area contributed by atoms with Crippen LogP contribution in [0.5, 0.6) is 0 Å². The monoisotopic (exact) mass is 317 g/mol. The van der Waals surface area contributed by atoms with Crippen LogP contribution in [0, 0.1) is 0 Å². The fourth-order valence-corrected chi connectivity index (χ4v) is 2.98. The lowest BCUT2D eigenvalue weighted by atomic mass is 10.2. The lowest BCUT2D eigenvalue weighted by Crippen LogP contribution is -2.41. The summed E-state index contributed by atoms with van der Waals surface area (Å²) in [5.41, 5.74) is 0.289. The minimum Gasteiger partial charge on any atom is -0.395 e. The first kappa shape index (κ1) is 17.0. The van der Waals surface area contributed by atoms with Crippen molar-refractivity contribution in [3.8, 4) is 0 Å². The molecule has 0 radical (unpaired) electrons. The van der Waals surface area contributed by atoms with Gasteiger partial charge in [0.1, 0.15) is 0 Å². The van der Waals surface area contributed by atoms with Gasteiger partial charge in [0.15, 0.2) is 9.84 Å². The Balaban J connectivity index is 2.88. The van der Waals surface area contributed by atoms with E-state index in [0.717, 1.165) is 6.26 Å². The minimum absolute atomic E-state index is 0.0357. The highest BCUT2D eigenvalue weighted by atomic mass is 32.2. The van der Waals surface area contributed by atoms with Crippen LogP contribution >= 0.6 is 11.8 Å². The second-order valence-electron chi connectivity index (χ2n) is 4.52. The van der Waals surface area contributed by atoms with Crippen LogP contribution in [0.3, 0.4) is 0 Å². The first-order valence-corrected chi connectivity index (χ1v) is 9.22. The van der Waals surface area contributed by atoms with Crippen LogP contribution in [0.15, 0.2) is 29.2 Å². The number of hydrogen-bond acceptors (Lipinski definition) is 5. The van der Waals surface area contributed by atoms with Crippen molar-refractivity contribution in [1.82, 2.24) is 5.32 Å². The molecule has 20 heavy (non-hydrogen) atoms. The summed E-state index contributed by atoms with van der Waals surface area (Å²) >= 11 is 1.46. The third-order valence-corrected chi connectivity index (χ3v) is 5.20. The van der Waals surface area contributed by atoms with Crippen LogP contribution in [0.1, 0.15) is 17.3 Å². The third kappa shape index (κ3) is 4.50. The molecule has 0 aliphatic heterocycles. The summed E-state index contributed by atoms with van der Waals surface area (Å²) in [5, 5.41) is 11.8. The molecule has 2 atom stereocenters. The molecular weight excluding hydrogens is 298 g/mol. The van der Waals surface area contributed by atoms with E-state index in [4.69, 9.17) is 0 Å². The summed E-state index contributed by atoms with van der Waals surface area (Å²) in [6.45, 7) is 1.77. The van der Waals surface area contributed by atoms with Crippen LogP contribution in [-0.4, -0.2) is 49.8 Å². The summed E-state index contributed by atoms with van der Waals surface area (Å²) in [5.74, 6) is -0.351. The van der Waals surface area contributed by atoms with E-state index in [1.54, 1.807) is 13.0 Å². The zero-order chi connectivity index (χ0) is 15.3. The number of hydrogen-bond donors (Lipinski definition) is 2. The van der Waals surface area contributed by atoms with E-state index < -0.39 is 9.84 Å². The van der Waals surface area contributed by atoms with Crippen molar-refractivity contribution in [3.05, 3.63) is 29.8 Å². The summed E-state index contributed by atoms with van der Waals surface area (Å²) in [7, 11) is -3.34. The number of nitrogens with one attached hydrogen (secondary N) is 1. The van der Waals surface area contributed by atoms with Crippen molar-refractivity contribution in [2.24, 2.45) is 0 Å². The summed E-state index contributed by atoms with van der Waals surface area (Å²) < 4.78 is 22.9. The maximum absolute atomic E-state index is 12.1. The van der Waals surface area contributed by atoms with E-state index in [-0.39, 0.29) is 34.3 Å². The highest BCUT2D eigenvalue weighted by molar-refractivity contribution is 7.99. The Hall–Kier alpha value is -1.05. The number of aliphatic hydroxyl groups is 1. The van der Waals surface area contributed by atoms with Crippen molar-refractivity contribution in [1.29, 1.82) is 0 Å². The van der Waals surface area contributed by atoms with Gasteiger partial charge >= 0.3 is 0 Å². The van der Waals surface area contributed by atoms with E-state index in [0.29, 0.717) is 0 Å². The first-order chi connectivity index (χ1) is 9.29. The molecule has 0 fully saturated rings. The highest BCUT2D eigenvalue weighted by Gasteiger charge is 2.19. The van der Waals surface area contributed by atoms with Crippen molar-refractivity contribution in [3.63, 3.8) is 0 Å². The molecule has 1 aromatic rings. The number of aliphatic hydroxyl groups excluding tert-OH is 1. The molecule has 0 aliphatic carbocycles. The topological polar surface area (TPSA) is 83.5 Å². The van der Waals surface area contributed by atoms with Gasteiger partial charge in [0.05, 0.1) is 11.5 Å². The molecule has 0 aliphatic rings. The molecule has 2 unspecified atom stereocenters. The largest absolute Gasteiger partial charge is 0.395 e. The van der Waals surface area contributed by atoms with Crippen molar-refractivity contribution >= 4 is 27.5 Å². The molecule has 0 aromatic heterocycles. The van der Waals surface area contributed by atoms with Gasteiger partial charge in [-0.3, -0.25) is 4.79 Å². The van der Waals surface area contributed by atoms with Gasteiger partial charge in [-0.2, -0.15) is 11.8 Å². The summed E-state index contributed by atoms with van der Waals surface area (Å²) in [4.78, 5) is 12.2. The number of thioether (sulfide) groups is 1. The molecule has 1 aromatic carbocycles. The number of rotatable bonds is 6. The maximum Gasteiger partial charge on any atom is 0.251 e. The maximum atomic E-state index is 12.1. The molecule has 0 saturated carbocycles. The fourth-order valence-electron chi connectivity index (χ4n) is 1.69. The number of amides is 1. The molecule has 2 N–H and O–H groups in total. The van der Waals surface area contributed by atoms with Crippen molar-refractivity contribution in [2.75, 3.05) is 19.1 Å². The predicted octanol–water partition coefficient (Wildman–Crippen LogP) is 0.932. The molecule has 1 rings (SSSR count). The van der Waals surface area contributed by atoms with Gasteiger partial charge in [-0.05, 0) is 31.4 Å². The Morgan fingerprint density at radius 1 is 1.45 bits per heavy atom. The van der Waals surface area contributed by atoms with Crippen molar-refractivity contribution in [2.45, 2.75) is 23.1 Å². The molecular formula is C13H19NO4S2. The quantitative estimate of drug-likeness (QED) is 0.815. The van der Waals surface area contributed by atoms with Gasteiger partial charge < -0.3 is 10.4 Å². The van der Waals surface area contributed by atoms with Gasteiger partial charge in [0, 0.05) is 23.1 Å². The molecule has 7 heteroatoms. The highest BCUT2D eigenvalue weighted by Crippen LogP contribution is 2.13. The number of benzene rings is 1. The number of sulfone groups is 1. The molecule has 112 valence electrons. The van der Waals surface area contributed by atoms with Crippen molar-refractivity contribution < 1.29 is 18.3 Å². The van der Waals surface area contributed by atoms with Gasteiger partial charge in [-0.1, -0.05) is 6.07 Å². The Morgan fingerprint density at radius 3 is 2.60 bits per heavy atom. The van der Waals surface area contributed by atoms with E-state index >= 15 is 0 Å². The lowest BCUT2D eigenvalue weighted by Gasteiger charge is -2.21. The van der Waals surface area contributed by atoms with E-state index in [1.165, 1.54) is 30.0 Å². The average Bonchev–Trinajstić information content (AvgIpc) is 2.39. The normalized spacial score (nSPS) is 14.6. The summed E-state index contributed by atoms with van der Waals surface area (Å²) in [6.07, 6.45) is 2.95. The fraction of sp³-hybridized carbons (Fsp3) is 0.462. The first-order valence-electron chi connectivity index (χ1n) is 6.04. The van der Waals surface area contributed by atoms with Gasteiger partial charge in [0.2, 0.25) is 0 Å². The van der Waals surface area contributed by atoms with Crippen LogP contribution in [0.25, 0.3) is 0 Å². The van der Waals surface area contributed by atoms with E-state index in [9.17, 15) is 18.3 Å². The molecule has 1 amide bonds. The molecule has 0 bridgehead atoms. The van der Waals surface area contributed by atoms with E-state index in [1.807, 2.05) is 6.26 Å². The van der Waals surface area contributed by atoms with Crippen LogP contribution in [0.2, 0.25) is 0 Å². The second-order valence-corrected chi connectivity index (χ2v) is 7.61. The zero-order valence-corrected chi connectivity index (χ0v) is 13.3. The Labute approximate surface area is 123 Å². The van der Waals surface area contributed by atoms with Crippen LogP contribution < -0.4 is 5.32 Å². The minimum atomic E-state index is -3.34. The number of carbonyl (C=O) groups is 1. The molecule has 0 spiro atoms. The lowest BCUT2D eigenvalue weighted by molar-refractivity contribution is 0.0935. The molecule has 0 heterocycles. The van der Waals surface area contributed by atoms with Gasteiger partial charge in [0.25, 0.3) is 5.91 Å². The van der Waals surface area contributed by atoms with Crippen LogP contribution in [0.4, 0.5) is 0 Å². The Morgan fingerprint density at radius 2 is 2.10 bits per heavy atom. The Bertz CT molecular complexity index is 567. The summed E-state index contributed by atoms with van der Waals surface area (Å²) in [6, 6.07) is 5.68. The SMILES string of the molecule is CSC(CO)C(C)NC(=O)c1cccc(S(C)(=O)=O)c1. The molecule has 0 saturated heterocycles. The van der Waals surface area contributed by atoms with Gasteiger partial charge in [-0.25, -0.2) is 8.42 Å². The third-order valence-electron chi connectivity index (χ3n) is 2.92. The molecule has 5 nitrogen and oxygen atoms in total. The van der Waals surface area contributed by atoms with Crippen LogP contribution in [-0.2, 0) is 9.84 Å². The van der Waals surface area contributed by atoms with Gasteiger partial charge in [-0.15, -0.1) is 0 Å². The standard InChI is InChI=1S/C13H19NO4S2/c1-9(12(8-15)19-2)14-13(16)10-5-4-6-11(7-10)20(3,17)18/h4-7,9,12,15H,8H2,1-3H3,(H,14,16). The number of carbonyl (C=O) groups excluding carboxylic acids is 1.